The summed E-state index contributed by atoms with van der Waals surface area (Å²) in [6, 6.07) is 4.78. The number of hydrogen-bond donors (Lipinski definition) is 1. The molecule has 0 radical (unpaired) electrons. The van der Waals surface area contributed by atoms with Crippen LogP contribution in [0.1, 0.15) is 44.1 Å². The van der Waals surface area contributed by atoms with Crippen molar-refractivity contribution >= 4 is 0 Å². The van der Waals surface area contributed by atoms with Gasteiger partial charge in [0.1, 0.15) is 6.10 Å². The lowest BCUT2D eigenvalue weighted by molar-refractivity contribution is -0.130. The van der Waals surface area contributed by atoms with Crippen molar-refractivity contribution in [1.29, 1.82) is 0 Å². The van der Waals surface area contributed by atoms with Crippen LogP contribution in [-0.2, 0) is 16.0 Å². The van der Waals surface area contributed by atoms with Crippen molar-refractivity contribution in [2.24, 2.45) is 11.3 Å². The molecule has 0 bridgehead atoms. The van der Waals surface area contributed by atoms with Gasteiger partial charge in [-0.1, -0.05) is 12.8 Å². The van der Waals surface area contributed by atoms with Crippen LogP contribution in [0.3, 0.4) is 0 Å². The smallest absolute Gasteiger partial charge is 0.213 e. The topological polar surface area (TPSA) is 52.6 Å². The minimum Gasteiger partial charge on any atom is -0.472 e. The number of pyridine rings is 1. The molecule has 4 atom stereocenters. The third kappa shape index (κ3) is 2.77. The fourth-order valence-corrected chi connectivity index (χ4v) is 5.64. The van der Waals surface area contributed by atoms with Crippen LogP contribution in [0.25, 0.3) is 0 Å². The fourth-order valence-electron chi connectivity index (χ4n) is 5.64. The van der Waals surface area contributed by atoms with Crippen molar-refractivity contribution in [2.45, 2.75) is 63.3 Å². The van der Waals surface area contributed by atoms with Crippen LogP contribution in [0.2, 0.25) is 0 Å². The maximum absolute atomic E-state index is 6.08. The Morgan fingerprint density at radius 2 is 2.16 bits per heavy atom. The highest BCUT2D eigenvalue weighted by Gasteiger charge is 2.64. The second kappa shape index (κ2) is 6.53. The summed E-state index contributed by atoms with van der Waals surface area (Å²) >= 11 is 0. The van der Waals surface area contributed by atoms with Gasteiger partial charge in [0, 0.05) is 49.2 Å². The Morgan fingerprint density at radius 1 is 1.24 bits per heavy atom. The van der Waals surface area contributed by atoms with E-state index in [0.29, 0.717) is 30.1 Å². The third-order valence-corrected chi connectivity index (χ3v) is 6.79. The largest absolute Gasteiger partial charge is 0.472 e. The van der Waals surface area contributed by atoms with Crippen molar-refractivity contribution in [2.75, 3.05) is 19.8 Å². The molecule has 5 rings (SSSR count). The Balaban J connectivity index is 1.23. The third-order valence-electron chi connectivity index (χ3n) is 6.79. The average Bonchev–Trinajstić information content (AvgIpc) is 3.36. The molecule has 5 nitrogen and oxygen atoms in total. The average molecular weight is 344 g/mol. The molecule has 1 aromatic heterocycles. The Morgan fingerprint density at radius 3 is 3.00 bits per heavy atom. The maximum atomic E-state index is 6.08. The summed E-state index contributed by atoms with van der Waals surface area (Å²) in [5.41, 5.74) is 1.66. The highest BCUT2D eigenvalue weighted by molar-refractivity contribution is 5.22. The number of nitrogens with zero attached hydrogens (tertiary/aromatic N) is 1. The van der Waals surface area contributed by atoms with E-state index in [1.54, 1.807) is 0 Å². The number of aromatic nitrogens is 1. The lowest BCUT2D eigenvalue weighted by Gasteiger charge is -2.57. The molecule has 2 aliphatic heterocycles. The van der Waals surface area contributed by atoms with E-state index in [4.69, 9.17) is 14.2 Å². The maximum Gasteiger partial charge on any atom is 0.213 e. The number of rotatable bonds is 5. The van der Waals surface area contributed by atoms with E-state index < -0.39 is 0 Å². The number of hydrogen-bond acceptors (Lipinski definition) is 5. The summed E-state index contributed by atoms with van der Waals surface area (Å²) in [7, 11) is 0. The summed E-state index contributed by atoms with van der Waals surface area (Å²) in [5, 5.41) is 3.87. The molecule has 4 fully saturated rings. The second-order valence-electron chi connectivity index (χ2n) is 8.15. The molecule has 2 saturated heterocycles. The molecule has 0 unspecified atom stereocenters. The van der Waals surface area contributed by atoms with E-state index >= 15 is 0 Å². The Labute approximate surface area is 149 Å². The zero-order chi connectivity index (χ0) is 16.7. The monoisotopic (exact) mass is 344 g/mol. The first-order valence-electron chi connectivity index (χ1n) is 9.89. The van der Waals surface area contributed by atoms with Crippen molar-refractivity contribution in [3.05, 3.63) is 23.9 Å². The highest BCUT2D eigenvalue weighted by Crippen LogP contribution is 2.60. The lowest BCUT2D eigenvalue weighted by Crippen LogP contribution is -2.67. The Hall–Kier alpha value is -1.17. The van der Waals surface area contributed by atoms with Gasteiger partial charge in [-0.3, -0.25) is 0 Å². The number of nitrogens with one attached hydrogen (secondary N) is 1. The van der Waals surface area contributed by atoms with Crippen molar-refractivity contribution in [3.8, 4) is 5.88 Å². The van der Waals surface area contributed by atoms with Gasteiger partial charge in [-0.05, 0) is 30.9 Å². The molecule has 4 aliphatic rings. The first-order chi connectivity index (χ1) is 12.4. The molecule has 136 valence electrons. The minimum atomic E-state index is 0.153. The molecule has 1 N–H and O–H groups in total. The highest BCUT2D eigenvalue weighted by atomic mass is 16.5. The van der Waals surface area contributed by atoms with Gasteiger partial charge in [-0.15, -0.1) is 0 Å². The van der Waals surface area contributed by atoms with Crippen LogP contribution in [0, 0.1) is 11.3 Å². The Bertz CT molecular complexity index is 611. The van der Waals surface area contributed by atoms with Gasteiger partial charge >= 0.3 is 0 Å². The van der Waals surface area contributed by atoms with Gasteiger partial charge in [0.25, 0.3) is 0 Å². The van der Waals surface area contributed by atoms with Crippen molar-refractivity contribution in [3.63, 3.8) is 0 Å². The van der Waals surface area contributed by atoms with Crippen molar-refractivity contribution in [1.82, 2.24) is 10.3 Å². The predicted molar refractivity (Wildman–Crippen MR) is 93.5 cm³/mol. The quantitative estimate of drug-likeness (QED) is 0.890. The molecule has 25 heavy (non-hydrogen) atoms. The molecule has 5 heteroatoms. The summed E-state index contributed by atoms with van der Waals surface area (Å²) in [4.78, 5) is 4.36. The minimum absolute atomic E-state index is 0.153. The fraction of sp³-hybridized carbons (Fsp3) is 0.750. The van der Waals surface area contributed by atoms with E-state index in [9.17, 15) is 0 Å². The van der Waals surface area contributed by atoms with E-state index in [1.807, 2.05) is 6.20 Å². The zero-order valence-corrected chi connectivity index (χ0v) is 14.8. The van der Waals surface area contributed by atoms with Gasteiger partial charge in [0.15, 0.2) is 0 Å². The van der Waals surface area contributed by atoms with Crippen LogP contribution in [-0.4, -0.2) is 43.1 Å². The second-order valence-corrected chi connectivity index (χ2v) is 8.15. The van der Waals surface area contributed by atoms with E-state index in [0.717, 1.165) is 32.1 Å². The number of ether oxygens (including phenoxy) is 3. The van der Waals surface area contributed by atoms with E-state index in [2.05, 4.69) is 22.4 Å². The SMILES string of the molecule is c1cc(CN[C@@H]2[C@@H]3CCO[C@@H]3C23CCCC3)cc(O[C@H]2CCOC2)n1. The molecule has 0 aromatic carbocycles. The summed E-state index contributed by atoms with van der Waals surface area (Å²) in [6.45, 7) is 3.31. The molecule has 3 heterocycles. The molecule has 2 saturated carbocycles. The van der Waals surface area contributed by atoms with Crippen LogP contribution >= 0.6 is 0 Å². The number of fused-ring (bicyclic) bond motifs is 2. The van der Waals surface area contributed by atoms with E-state index in [1.165, 1.54) is 37.7 Å². The van der Waals surface area contributed by atoms with Crippen LogP contribution < -0.4 is 10.1 Å². The normalized spacial score (nSPS) is 35.7. The van der Waals surface area contributed by atoms with Crippen molar-refractivity contribution < 1.29 is 14.2 Å². The molecule has 2 aliphatic carbocycles. The molecular weight excluding hydrogens is 316 g/mol. The van der Waals surface area contributed by atoms with Gasteiger partial charge in [-0.25, -0.2) is 4.98 Å². The van der Waals surface area contributed by atoms with E-state index in [-0.39, 0.29) is 6.10 Å². The predicted octanol–water partition coefficient (Wildman–Crippen LogP) is 2.69. The lowest BCUT2D eigenvalue weighted by atomic mass is 9.54. The van der Waals surface area contributed by atoms with Crippen LogP contribution in [0.15, 0.2) is 18.3 Å². The molecule has 0 amide bonds. The van der Waals surface area contributed by atoms with Gasteiger partial charge in [0.05, 0.1) is 19.3 Å². The van der Waals surface area contributed by atoms with Gasteiger partial charge in [0.2, 0.25) is 5.88 Å². The first kappa shape index (κ1) is 16.0. The molecule has 1 aromatic rings. The standard InChI is InChI=1S/C20H28N2O3/c1-2-7-20(6-1)18(16-5-10-24-19(16)20)22-12-14-3-8-21-17(11-14)25-15-4-9-23-13-15/h3,8,11,15-16,18-19,22H,1-2,4-7,9-10,12-13H2/t15-,16-,18+,19-/m0/s1. The summed E-state index contributed by atoms with van der Waals surface area (Å²) in [5.74, 6) is 1.44. The van der Waals surface area contributed by atoms with Gasteiger partial charge in [-0.2, -0.15) is 0 Å². The van der Waals surface area contributed by atoms with Crippen LogP contribution in [0.5, 0.6) is 5.88 Å². The zero-order valence-electron chi connectivity index (χ0n) is 14.8. The summed E-state index contributed by atoms with van der Waals surface area (Å²) < 4.78 is 17.4. The Kier molecular flexibility index (Phi) is 4.19. The van der Waals surface area contributed by atoms with Crippen LogP contribution in [0.4, 0.5) is 0 Å². The van der Waals surface area contributed by atoms with Gasteiger partial charge < -0.3 is 19.5 Å². The molecule has 1 spiro atoms. The molecular formula is C20H28N2O3. The summed E-state index contributed by atoms with van der Waals surface area (Å²) in [6.07, 6.45) is 10.1. The first-order valence-corrected chi connectivity index (χ1v) is 9.89.